The molecular formula is C24H25ClN4O4S3. The lowest BCUT2D eigenvalue weighted by molar-refractivity contribution is -0.136. The van der Waals surface area contributed by atoms with Crippen LogP contribution in [0.1, 0.15) is 30.3 Å². The van der Waals surface area contributed by atoms with Crippen LogP contribution in [0.25, 0.3) is 11.4 Å². The predicted molar refractivity (Wildman–Crippen MR) is 147 cm³/mol. The number of aliphatic imine (C=N–C) groups is 1. The number of halogens is 1. The minimum absolute atomic E-state index is 0.117. The minimum atomic E-state index is -3.41. The van der Waals surface area contributed by atoms with Crippen LogP contribution in [0.3, 0.4) is 0 Å². The number of rotatable bonds is 9. The molecule has 190 valence electrons. The van der Waals surface area contributed by atoms with E-state index in [1.54, 1.807) is 18.4 Å². The summed E-state index contributed by atoms with van der Waals surface area (Å²) in [5.74, 6) is -0.198. The number of hydrogen-bond acceptors (Lipinski definition) is 10. The van der Waals surface area contributed by atoms with E-state index in [9.17, 15) is 13.2 Å². The number of thioether (sulfide) groups is 1. The van der Waals surface area contributed by atoms with E-state index in [2.05, 4.69) is 9.36 Å². The van der Waals surface area contributed by atoms with Crippen LogP contribution in [-0.4, -0.2) is 47.9 Å². The summed E-state index contributed by atoms with van der Waals surface area (Å²) in [7, 11) is -3.41. The molecule has 0 fully saturated rings. The number of aromatic nitrogens is 2. The third-order valence-corrected chi connectivity index (χ3v) is 7.48. The molecule has 1 aromatic heterocycles. The number of para-hydroxylation sites is 1. The number of allylic oxidation sites excluding steroid dienone is 1. The van der Waals surface area contributed by atoms with Crippen LogP contribution in [0.4, 0.5) is 5.69 Å². The van der Waals surface area contributed by atoms with Gasteiger partial charge >= 0.3 is 5.97 Å². The lowest BCUT2D eigenvalue weighted by Crippen LogP contribution is -2.19. The highest BCUT2D eigenvalue weighted by Gasteiger charge is 2.23. The zero-order valence-corrected chi connectivity index (χ0v) is 23.3. The number of carbonyl (C=O) groups is 1. The number of nitrogens with zero attached hydrogens (tertiary/aromatic N) is 3. The first-order valence-corrected chi connectivity index (χ1v) is 15.1. The Hall–Kier alpha value is -2.73. The monoisotopic (exact) mass is 564 g/mol. The number of esters is 1. The Morgan fingerprint density at radius 2 is 1.94 bits per heavy atom. The molecule has 0 aliphatic heterocycles. The van der Waals surface area contributed by atoms with Crippen molar-refractivity contribution in [3.63, 3.8) is 0 Å². The molecular weight excluding hydrogens is 540 g/mol. The van der Waals surface area contributed by atoms with Gasteiger partial charge in [0.1, 0.15) is 17.3 Å². The van der Waals surface area contributed by atoms with Gasteiger partial charge in [0.05, 0.1) is 15.6 Å². The molecule has 0 amide bonds. The number of carbonyl (C=O) groups excluding carboxylic acids is 1. The Bertz CT molecular complexity index is 1430. The fourth-order valence-corrected chi connectivity index (χ4v) is 4.94. The highest BCUT2D eigenvalue weighted by molar-refractivity contribution is 7.98. The molecule has 1 heterocycles. The van der Waals surface area contributed by atoms with Crippen molar-refractivity contribution in [3.8, 4) is 11.4 Å². The van der Waals surface area contributed by atoms with E-state index in [1.807, 2.05) is 38.1 Å². The van der Waals surface area contributed by atoms with Gasteiger partial charge in [-0.1, -0.05) is 55.8 Å². The smallest absolute Gasteiger partial charge is 0.356 e. The Morgan fingerprint density at radius 1 is 1.22 bits per heavy atom. The molecule has 3 rings (SSSR count). The molecule has 0 saturated heterocycles. The Kier molecular flexibility index (Phi) is 9.29. The molecule has 0 saturated carbocycles. The maximum absolute atomic E-state index is 12.4. The Balaban J connectivity index is 2.16. The van der Waals surface area contributed by atoms with E-state index in [1.165, 1.54) is 23.9 Å². The normalized spacial score (nSPS) is 13.0. The van der Waals surface area contributed by atoms with Crippen LogP contribution in [0.2, 0.25) is 0 Å². The molecule has 0 radical (unpaired) electrons. The molecule has 0 bridgehead atoms. The van der Waals surface area contributed by atoms with Gasteiger partial charge in [-0.05, 0) is 47.5 Å². The third kappa shape index (κ3) is 6.73. The van der Waals surface area contributed by atoms with Crippen LogP contribution in [-0.2, 0) is 19.4 Å². The molecule has 0 spiro atoms. The highest BCUT2D eigenvalue weighted by atomic mass is 35.5. The summed E-state index contributed by atoms with van der Waals surface area (Å²) in [4.78, 5) is 21.9. The summed E-state index contributed by atoms with van der Waals surface area (Å²) >= 11 is 8.92. The molecule has 0 unspecified atom stereocenters. The van der Waals surface area contributed by atoms with Crippen LogP contribution >= 0.6 is 34.9 Å². The van der Waals surface area contributed by atoms with Crippen molar-refractivity contribution in [3.05, 3.63) is 69.8 Å². The summed E-state index contributed by atoms with van der Waals surface area (Å²) in [6, 6.07) is 13.9. The van der Waals surface area contributed by atoms with Crippen molar-refractivity contribution >= 4 is 62.1 Å². The second kappa shape index (κ2) is 12.0. The Labute approximate surface area is 223 Å². The summed E-state index contributed by atoms with van der Waals surface area (Å²) in [5.41, 5.74) is 8.02. The average Bonchev–Trinajstić information content (AvgIpc) is 3.34. The zero-order valence-electron chi connectivity index (χ0n) is 20.1. The first kappa shape index (κ1) is 27.9. The molecule has 2 N–H and O–H groups in total. The third-order valence-electron chi connectivity index (χ3n) is 4.91. The summed E-state index contributed by atoms with van der Waals surface area (Å²) < 4.78 is 33.4. The topological polar surface area (TPSA) is 125 Å². The molecule has 0 atom stereocenters. The van der Waals surface area contributed by atoms with Gasteiger partial charge in [-0.2, -0.15) is 4.37 Å². The standard InChI is InChI=1S/C24H25ClN4O4S3/c1-14(2)17-10-5-6-11-18(17)27-21(19(25)20(26)24(30)33-13-34-3)23-28-22(29-35-23)15-8-7-9-16(12-15)36(4,31)32/h5-12,14H,13,26H2,1-4H3. The highest BCUT2D eigenvalue weighted by Crippen LogP contribution is 2.30. The van der Waals surface area contributed by atoms with Crippen molar-refractivity contribution in [1.29, 1.82) is 0 Å². The number of ether oxygens (including phenoxy) is 1. The minimum Gasteiger partial charge on any atom is -0.450 e. The van der Waals surface area contributed by atoms with Gasteiger partial charge in [-0.25, -0.2) is 23.2 Å². The van der Waals surface area contributed by atoms with Crippen LogP contribution in [0, 0.1) is 0 Å². The lowest BCUT2D eigenvalue weighted by atomic mass is 10.0. The van der Waals surface area contributed by atoms with Gasteiger partial charge in [0, 0.05) is 11.8 Å². The largest absolute Gasteiger partial charge is 0.450 e. The molecule has 3 aromatic rings. The summed E-state index contributed by atoms with van der Waals surface area (Å²) in [6.07, 6.45) is 2.92. The SMILES string of the molecule is CSCOC(=O)C(N)=C(Cl)C(=Nc1ccccc1C(C)C)c1nc(-c2cccc(S(C)(=O)=O)c2)ns1. The van der Waals surface area contributed by atoms with E-state index in [-0.39, 0.29) is 33.2 Å². The molecule has 12 heteroatoms. The molecule has 2 aromatic carbocycles. The van der Waals surface area contributed by atoms with Crippen molar-refractivity contribution in [2.45, 2.75) is 24.7 Å². The van der Waals surface area contributed by atoms with E-state index in [0.29, 0.717) is 22.1 Å². The van der Waals surface area contributed by atoms with Crippen LogP contribution in [0.5, 0.6) is 0 Å². The number of hydrogen-bond donors (Lipinski definition) is 1. The van der Waals surface area contributed by atoms with E-state index in [0.717, 1.165) is 23.4 Å². The average molecular weight is 565 g/mol. The number of benzene rings is 2. The van der Waals surface area contributed by atoms with E-state index < -0.39 is 15.8 Å². The molecule has 36 heavy (non-hydrogen) atoms. The first-order chi connectivity index (χ1) is 17.0. The number of sulfone groups is 1. The Morgan fingerprint density at radius 3 is 2.61 bits per heavy atom. The van der Waals surface area contributed by atoms with Gasteiger partial charge in [-0.15, -0.1) is 11.8 Å². The maximum Gasteiger partial charge on any atom is 0.356 e. The van der Waals surface area contributed by atoms with Gasteiger partial charge in [0.15, 0.2) is 20.7 Å². The molecule has 0 aliphatic rings. The fourth-order valence-electron chi connectivity index (χ4n) is 3.10. The lowest BCUT2D eigenvalue weighted by Gasteiger charge is -2.11. The van der Waals surface area contributed by atoms with Crippen LogP contribution < -0.4 is 5.73 Å². The quantitative estimate of drug-likeness (QED) is 0.164. The van der Waals surface area contributed by atoms with Gasteiger partial charge in [0.2, 0.25) is 0 Å². The predicted octanol–water partition coefficient (Wildman–Crippen LogP) is 5.13. The maximum atomic E-state index is 12.4. The van der Waals surface area contributed by atoms with Crippen molar-refractivity contribution < 1.29 is 17.9 Å². The van der Waals surface area contributed by atoms with Gasteiger partial charge in [0.25, 0.3) is 0 Å². The van der Waals surface area contributed by atoms with Gasteiger partial charge in [-0.3, -0.25) is 0 Å². The summed E-state index contributed by atoms with van der Waals surface area (Å²) in [5, 5.41) is 0.186. The van der Waals surface area contributed by atoms with Gasteiger partial charge < -0.3 is 10.5 Å². The second-order valence-electron chi connectivity index (χ2n) is 7.96. The zero-order chi connectivity index (χ0) is 26.5. The second-order valence-corrected chi connectivity index (χ2v) is 11.9. The van der Waals surface area contributed by atoms with Crippen molar-refractivity contribution in [1.82, 2.24) is 9.36 Å². The van der Waals surface area contributed by atoms with Crippen molar-refractivity contribution in [2.24, 2.45) is 10.7 Å². The first-order valence-electron chi connectivity index (χ1n) is 10.7. The fraction of sp³-hybridized carbons (Fsp3) is 0.250. The molecule has 8 nitrogen and oxygen atoms in total. The number of nitrogens with two attached hydrogens (primary N) is 1. The van der Waals surface area contributed by atoms with E-state index >= 15 is 0 Å². The van der Waals surface area contributed by atoms with Crippen molar-refractivity contribution in [2.75, 3.05) is 18.5 Å². The summed E-state index contributed by atoms with van der Waals surface area (Å²) in [6.45, 7) is 4.08. The van der Waals surface area contributed by atoms with E-state index in [4.69, 9.17) is 27.1 Å². The molecule has 0 aliphatic carbocycles. The van der Waals surface area contributed by atoms with Crippen LogP contribution in [0.15, 0.2) is 69.1 Å².